The number of benzene rings is 2. The van der Waals surface area contributed by atoms with Crippen molar-refractivity contribution in [3.05, 3.63) is 53.1 Å². The van der Waals surface area contributed by atoms with Gasteiger partial charge in [0.1, 0.15) is 13.2 Å². The SMILES string of the molecule is C/C=C/c1cc(C(=O)NCCc2ccc3c(c2)OCCO3)cc(OC)c1OC. The molecule has 148 valence electrons. The first-order chi connectivity index (χ1) is 13.7. The van der Waals surface area contributed by atoms with Crippen molar-refractivity contribution >= 4 is 12.0 Å². The molecule has 6 nitrogen and oxygen atoms in total. The highest BCUT2D eigenvalue weighted by molar-refractivity contribution is 5.96. The summed E-state index contributed by atoms with van der Waals surface area (Å²) in [6.45, 7) is 3.54. The molecular weight excluding hydrogens is 358 g/mol. The molecule has 1 aliphatic rings. The van der Waals surface area contributed by atoms with Crippen molar-refractivity contribution in [2.75, 3.05) is 34.0 Å². The van der Waals surface area contributed by atoms with Gasteiger partial charge < -0.3 is 24.3 Å². The molecule has 6 heteroatoms. The predicted molar refractivity (Wildman–Crippen MR) is 108 cm³/mol. The highest BCUT2D eigenvalue weighted by atomic mass is 16.6. The van der Waals surface area contributed by atoms with Crippen LogP contribution in [0.1, 0.15) is 28.4 Å². The molecule has 0 atom stereocenters. The maximum absolute atomic E-state index is 12.6. The summed E-state index contributed by atoms with van der Waals surface area (Å²) in [4.78, 5) is 12.6. The summed E-state index contributed by atoms with van der Waals surface area (Å²) in [5.74, 6) is 2.49. The molecule has 0 unspecified atom stereocenters. The largest absolute Gasteiger partial charge is 0.493 e. The number of allylic oxidation sites excluding steroid dienone is 1. The Morgan fingerprint density at radius 1 is 1.11 bits per heavy atom. The van der Waals surface area contributed by atoms with Gasteiger partial charge in [-0.3, -0.25) is 4.79 Å². The van der Waals surface area contributed by atoms with Crippen LogP contribution in [-0.4, -0.2) is 39.9 Å². The van der Waals surface area contributed by atoms with E-state index in [2.05, 4.69) is 5.32 Å². The zero-order valence-corrected chi connectivity index (χ0v) is 16.4. The maximum Gasteiger partial charge on any atom is 0.251 e. The minimum atomic E-state index is -0.163. The number of rotatable bonds is 7. The van der Waals surface area contributed by atoms with Crippen LogP contribution in [0.5, 0.6) is 23.0 Å². The van der Waals surface area contributed by atoms with E-state index in [9.17, 15) is 4.79 Å². The fourth-order valence-electron chi connectivity index (χ4n) is 3.09. The highest BCUT2D eigenvalue weighted by Crippen LogP contribution is 2.34. The molecule has 0 spiro atoms. The van der Waals surface area contributed by atoms with E-state index in [4.69, 9.17) is 18.9 Å². The third-order valence-electron chi connectivity index (χ3n) is 4.42. The number of carbonyl (C=O) groups excluding carboxylic acids is 1. The van der Waals surface area contributed by atoms with Crippen LogP contribution in [0.15, 0.2) is 36.4 Å². The molecule has 3 rings (SSSR count). The number of hydrogen-bond donors (Lipinski definition) is 1. The molecule has 2 aromatic carbocycles. The van der Waals surface area contributed by atoms with Gasteiger partial charge in [0.25, 0.3) is 5.91 Å². The number of nitrogens with one attached hydrogen (secondary N) is 1. The summed E-state index contributed by atoms with van der Waals surface area (Å²) in [5, 5.41) is 2.95. The summed E-state index contributed by atoms with van der Waals surface area (Å²) in [7, 11) is 3.14. The van der Waals surface area contributed by atoms with Crippen molar-refractivity contribution in [3.8, 4) is 23.0 Å². The normalized spacial score (nSPS) is 12.7. The monoisotopic (exact) mass is 383 g/mol. The fourth-order valence-corrected chi connectivity index (χ4v) is 3.09. The Labute approximate surface area is 165 Å². The second-order valence-electron chi connectivity index (χ2n) is 6.28. The van der Waals surface area contributed by atoms with Crippen LogP contribution in [0.4, 0.5) is 0 Å². The van der Waals surface area contributed by atoms with Gasteiger partial charge in [-0.2, -0.15) is 0 Å². The quantitative estimate of drug-likeness (QED) is 0.793. The van der Waals surface area contributed by atoms with Crippen LogP contribution >= 0.6 is 0 Å². The molecule has 1 amide bonds. The standard InChI is InChI=1S/C22H25NO5/c1-4-5-16-13-17(14-20(25-2)21(16)26-3)22(24)23-9-8-15-6-7-18-19(12-15)28-11-10-27-18/h4-7,12-14H,8-11H2,1-3H3,(H,23,24)/b5-4+. The second-order valence-corrected chi connectivity index (χ2v) is 6.28. The van der Waals surface area contributed by atoms with Gasteiger partial charge in [-0.25, -0.2) is 0 Å². The second kappa shape index (κ2) is 9.17. The lowest BCUT2D eigenvalue weighted by atomic mass is 10.1. The molecule has 0 saturated carbocycles. The Balaban J connectivity index is 1.67. The molecule has 28 heavy (non-hydrogen) atoms. The van der Waals surface area contributed by atoms with Crippen LogP contribution in [0, 0.1) is 0 Å². The zero-order valence-electron chi connectivity index (χ0n) is 16.4. The molecule has 1 N–H and O–H groups in total. The van der Waals surface area contributed by atoms with E-state index in [-0.39, 0.29) is 5.91 Å². The van der Waals surface area contributed by atoms with Crippen molar-refractivity contribution in [3.63, 3.8) is 0 Å². The molecule has 2 aromatic rings. The van der Waals surface area contributed by atoms with E-state index >= 15 is 0 Å². The Bertz CT molecular complexity index is 875. The molecule has 1 heterocycles. The first-order valence-electron chi connectivity index (χ1n) is 9.21. The molecule has 0 radical (unpaired) electrons. The van der Waals surface area contributed by atoms with E-state index in [0.29, 0.717) is 43.2 Å². The van der Waals surface area contributed by atoms with Crippen LogP contribution in [-0.2, 0) is 6.42 Å². The summed E-state index contributed by atoms with van der Waals surface area (Å²) < 4.78 is 21.9. The summed E-state index contributed by atoms with van der Waals surface area (Å²) in [5.41, 5.74) is 2.39. The number of methoxy groups -OCH3 is 2. The van der Waals surface area contributed by atoms with Crippen LogP contribution in [0.3, 0.4) is 0 Å². The average molecular weight is 383 g/mol. The average Bonchev–Trinajstić information content (AvgIpc) is 2.73. The van der Waals surface area contributed by atoms with Gasteiger partial charge in [0.15, 0.2) is 23.0 Å². The minimum absolute atomic E-state index is 0.163. The number of hydrogen-bond acceptors (Lipinski definition) is 5. The number of carbonyl (C=O) groups is 1. The van der Waals surface area contributed by atoms with Gasteiger partial charge in [-0.15, -0.1) is 0 Å². The van der Waals surface area contributed by atoms with E-state index < -0.39 is 0 Å². The van der Waals surface area contributed by atoms with Gasteiger partial charge in [-0.1, -0.05) is 18.2 Å². The zero-order chi connectivity index (χ0) is 19.9. The third-order valence-corrected chi connectivity index (χ3v) is 4.42. The highest BCUT2D eigenvalue weighted by Gasteiger charge is 2.15. The Kier molecular flexibility index (Phi) is 6.42. The van der Waals surface area contributed by atoms with Crippen LogP contribution in [0.2, 0.25) is 0 Å². The van der Waals surface area contributed by atoms with Gasteiger partial charge in [-0.05, 0) is 43.2 Å². The van der Waals surface area contributed by atoms with Crippen molar-refractivity contribution in [2.45, 2.75) is 13.3 Å². The van der Waals surface area contributed by atoms with Crippen molar-refractivity contribution in [1.29, 1.82) is 0 Å². The van der Waals surface area contributed by atoms with Crippen molar-refractivity contribution in [1.82, 2.24) is 5.32 Å². The fraction of sp³-hybridized carbons (Fsp3) is 0.318. The first kappa shape index (κ1) is 19.6. The molecule has 0 aliphatic carbocycles. The van der Waals surface area contributed by atoms with E-state index in [1.807, 2.05) is 37.3 Å². The maximum atomic E-state index is 12.6. The van der Waals surface area contributed by atoms with Gasteiger partial charge in [0, 0.05) is 17.7 Å². The summed E-state index contributed by atoms with van der Waals surface area (Å²) >= 11 is 0. The van der Waals surface area contributed by atoms with Crippen LogP contribution < -0.4 is 24.3 Å². The van der Waals surface area contributed by atoms with Crippen molar-refractivity contribution < 1.29 is 23.7 Å². The molecule has 1 aliphatic heterocycles. The van der Waals surface area contributed by atoms with Gasteiger partial charge in [0.05, 0.1) is 14.2 Å². The Hall–Kier alpha value is -3.15. The molecule has 0 saturated heterocycles. The Morgan fingerprint density at radius 2 is 1.89 bits per heavy atom. The topological polar surface area (TPSA) is 66.0 Å². The van der Waals surface area contributed by atoms with E-state index in [1.54, 1.807) is 26.4 Å². The predicted octanol–water partition coefficient (Wildman–Crippen LogP) is 3.48. The van der Waals surface area contributed by atoms with Crippen LogP contribution in [0.25, 0.3) is 6.08 Å². The van der Waals surface area contributed by atoms with Crippen molar-refractivity contribution in [2.24, 2.45) is 0 Å². The van der Waals surface area contributed by atoms with E-state index in [1.165, 1.54) is 0 Å². The smallest absolute Gasteiger partial charge is 0.251 e. The Morgan fingerprint density at radius 3 is 2.61 bits per heavy atom. The molecule has 0 bridgehead atoms. The molecule has 0 fully saturated rings. The number of amides is 1. The summed E-state index contributed by atoms with van der Waals surface area (Å²) in [6, 6.07) is 9.33. The van der Waals surface area contributed by atoms with E-state index in [0.717, 1.165) is 22.6 Å². The summed E-state index contributed by atoms with van der Waals surface area (Å²) in [6.07, 6.45) is 4.46. The lowest BCUT2D eigenvalue weighted by molar-refractivity contribution is 0.0953. The number of ether oxygens (including phenoxy) is 4. The molecular formula is C22H25NO5. The lowest BCUT2D eigenvalue weighted by Gasteiger charge is -2.19. The molecule has 0 aromatic heterocycles. The first-order valence-corrected chi connectivity index (χ1v) is 9.21. The van der Waals surface area contributed by atoms with Gasteiger partial charge >= 0.3 is 0 Å². The lowest BCUT2D eigenvalue weighted by Crippen LogP contribution is -2.26. The number of fused-ring (bicyclic) bond motifs is 1. The third kappa shape index (κ3) is 4.39. The minimum Gasteiger partial charge on any atom is -0.493 e. The van der Waals surface area contributed by atoms with Gasteiger partial charge in [0.2, 0.25) is 0 Å².